The van der Waals surface area contributed by atoms with Crippen LogP contribution in [0.25, 0.3) is 10.9 Å². The largest absolute Gasteiger partial charge is 0.384 e. The van der Waals surface area contributed by atoms with E-state index in [4.69, 9.17) is 5.73 Å². The van der Waals surface area contributed by atoms with Gasteiger partial charge in [-0.1, -0.05) is 18.2 Å². The summed E-state index contributed by atoms with van der Waals surface area (Å²) < 4.78 is 0. The van der Waals surface area contributed by atoms with Crippen molar-refractivity contribution < 1.29 is 15.0 Å². The van der Waals surface area contributed by atoms with Crippen molar-refractivity contribution in [3.8, 4) is 0 Å². The zero-order valence-corrected chi connectivity index (χ0v) is 8.29. The van der Waals surface area contributed by atoms with Gasteiger partial charge in [-0.2, -0.15) is 5.10 Å². The van der Waals surface area contributed by atoms with E-state index in [2.05, 4.69) is 10.2 Å². The maximum atomic E-state index is 10.7. The highest BCUT2D eigenvalue weighted by molar-refractivity contribution is 5.84. The van der Waals surface area contributed by atoms with E-state index in [-0.39, 0.29) is 5.69 Å². The van der Waals surface area contributed by atoms with Crippen molar-refractivity contribution in [3.63, 3.8) is 0 Å². The molecule has 5 N–H and O–H groups in total. The van der Waals surface area contributed by atoms with E-state index in [9.17, 15) is 15.0 Å². The maximum Gasteiger partial charge on any atom is 0.249 e. The molecule has 0 bridgehead atoms. The number of H-pyrrole nitrogens is 1. The highest BCUT2D eigenvalue weighted by Gasteiger charge is 2.26. The van der Waals surface area contributed by atoms with Crippen LogP contribution in [0.2, 0.25) is 0 Å². The van der Waals surface area contributed by atoms with Crippen LogP contribution in [0.3, 0.4) is 0 Å². The van der Waals surface area contributed by atoms with Crippen LogP contribution in [0.5, 0.6) is 0 Å². The van der Waals surface area contributed by atoms with Gasteiger partial charge in [-0.25, -0.2) is 0 Å². The second-order valence-electron chi connectivity index (χ2n) is 3.45. The number of amides is 1. The van der Waals surface area contributed by atoms with E-state index in [0.29, 0.717) is 10.9 Å². The number of para-hydroxylation sites is 1. The molecule has 6 nitrogen and oxygen atoms in total. The molecule has 2 aromatic rings. The lowest BCUT2D eigenvalue weighted by Gasteiger charge is -2.13. The number of fused-ring (bicyclic) bond motifs is 1. The van der Waals surface area contributed by atoms with Gasteiger partial charge in [0.1, 0.15) is 6.10 Å². The van der Waals surface area contributed by atoms with Crippen LogP contribution in [0, 0.1) is 0 Å². The van der Waals surface area contributed by atoms with Gasteiger partial charge >= 0.3 is 0 Å². The quantitative estimate of drug-likeness (QED) is 0.556. The number of nitrogens with zero attached hydrogens (tertiary/aromatic N) is 1. The average Bonchev–Trinajstić information content (AvgIpc) is 2.70. The summed E-state index contributed by atoms with van der Waals surface area (Å²) in [4.78, 5) is 10.7. The van der Waals surface area contributed by atoms with E-state index in [1.807, 2.05) is 0 Å². The second kappa shape index (κ2) is 3.92. The second-order valence-corrected chi connectivity index (χ2v) is 3.45. The maximum absolute atomic E-state index is 10.7. The number of carbonyl (C=O) groups is 1. The van der Waals surface area contributed by atoms with Crippen LogP contribution in [0.4, 0.5) is 0 Å². The number of primary amides is 1. The molecule has 0 saturated heterocycles. The van der Waals surface area contributed by atoms with Crippen molar-refractivity contribution in [1.82, 2.24) is 10.2 Å². The van der Waals surface area contributed by atoms with Gasteiger partial charge in [0, 0.05) is 5.39 Å². The van der Waals surface area contributed by atoms with Gasteiger partial charge in [-0.3, -0.25) is 9.89 Å². The van der Waals surface area contributed by atoms with E-state index in [0.717, 1.165) is 0 Å². The number of aromatic amines is 1. The molecule has 0 aliphatic carbocycles. The van der Waals surface area contributed by atoms with Crippen LogP contribution < -0.4 is 5.73 Å². The first kappa shape index (κ1) is 10.6. The summed E-state index contributed by atoms with van der Waals surface area (Å²) in [6.07, 6.45) is -3.05. The summed E-state index contributed by atoms with van der Waals surface area (Å²) >= 11 is 0. The molecule has 1 aromatic carbocycles. The first-order valence-electron chi connectivity index (χ1n) is 4.69. The number of carbonyl (C=O) groups excluding carboxylic acids is 1. The van der Waals surface area contributed by atoms with Crippen molar-refractivity contribution in [2.24, 2.45) is 5.73 Å². The van der Waals surface area contributed by atoms with Crippen LogP contribution in [-0.4, -0.2) is 32.4 Å². The third-order valence-electron chi connectivity index (χ3n) is 2.38. The molecule has 2 rings (SSSR count). The number of hydrogen-bond acceptors (Lipinski definition) is 4. The number of aliphatic hydroxyl groups excluding tert-OH is 2. The monoisotopic (exact) mass is 221 g/mol. The summed E-state index contributed by atoms with van der Waals surface area (Å²) in [5, 5.41) is 26.2. The Balaban J connectivity index is 2.44. The number of aliphatic hydroxyl groups is 2. The fourth-order valence-electron chi connectivity index (χ4n) is 1.52. The molecule has 6 heteroatoms. The van der Waals surface area contributed by atoms with Crippen LogP contribution in [0.15, 0.2) is 24.3 Å². The average molecular weight is 221 g/mol. The molecule has 1 heterocycles. The predicted molar refractivity (Wildman–Crippen MR) is 56.3 cm³/mol. The van der Waals surface area contributed by atoms with Crippen LogP contribution >= 0.6 is 0 Å². The number of aromatic nitrogens is 2. The van der Waals surface area contributed by atoms with Gasteiger partial charge in [-0.05, 0) is 6.07 Å². The van der Waals surface area contributed by atoms with Crippen molar-refractivity contribution in [2.75, 3.05) is 0 Å². The number of benzene rings is 1. The molecule has 0 aliphatic rings. The first-order valence-corrected chi connectivity index (χ1v) is 4.69. The Morgan fingerprint density at radius 1 is 1.38 bits per heavy atom. The Bertz CT molecular complexity index is 523. The Labute approximate surface area is 90.7 Å². The van der Waals surface area contributed by atoms with E-state index in [1.54, 1.807) is 24.3 Å². The summed E-state index contributed by atoms with van der Waals surface area (Å²) in [6.45, 7) is 0. The fourth-order valence-corrected chi connectivity index (χ4v) is 1.52. The third-order valence-corrected chi connectivity index (χ3v) is 2.38. The lowest BCUT2D eigenvalue weighted by atomic mass is 10.1. The molecule has 84 valence electrons. The van der Waals surface area contributed by atoms with Gasteiger partial charge in [0.05, 0.1) is 11.2 Å². The Morgan fingerprint density at radius 2 is 2.06 bits per heavy atom. The summed E-state index contributed by atoms with van der Waals surface area (Å²) in [7, 11) is 0. The standard InChI is InChI=1S/C10H11N3O3/c11-10(16)9(15)8(14)7-5-3-1-2-4-6(5)12-13-7/h1-4,8-9,14-15H,(H2,11,16)(H,12,13). The smallest absolute Gasteiger partial charge is 0.249 e. The topological polar surface area (TPSA) is 112 Å². The normalized spacial score (nSPS) is 14.9. The Hall–Kier alpha value is -1.92. The molecule has 16 heavy (non-hydrogen) atoms. The van der Waals surface area contributed by atoms with Crippen molar-refractivity contribution >= 4 is 16.8 Å². The van der Waals surface area contributed by atoms with E-state index < -0.39 is 18.1 Å². The number of hydrogen-bond donors (Lipinski definition) is 4. The molecule has 2 atom stereocenters. The third kappa shape index (κ3) is 1.64. The summed E-state index contributed by atoms with van der Waals surface area (Å²) in [5.41, 5.74) is 5.83. The summed E-state index contributed by atoms with van der Waals surface area (Å²) in [5.74, 6) is -0.980. The van der Waals surface area contributed by atoms with Crippen molar-refractivity contribution in [2.45, 2.75) is 12.2 Å². The summed E-state index contributed by atoms with van der Waals surface area (Å²) in [6, 6.07) is 7.04. The van der Waals surface area contributed by atoms with Gasteiger partial charge in [-0.15, -0.1) is 0 Å². The number of nitrogens with two attached hydrogens (primary N) is 1. The van der Waals surface area contributed by atoms with E-state index in [1.165, 1.54) is 0 Å². The van der Waals surface area contributed by atoms with Gasteiger partial charge in [0.2, 0.25) is 5.91 Å². The zero-order valence-electron chi connectivity index (χ0n) is 8.29. The minimum Gasteiger partial charge on any atom is -0.384 e. The number of rotatable bonds is 3. The van der Waals surface area contributed by atoms with Gasteiger partial charge in [0.25, 0.3) is 0 Å². The first-order chi connectivity index (χ1) is 7.61. The van der Waals surface area contributed by atoms with Crippen molar-refractivity contribution in [1.29, 1.82) is 0 Å². The molecule has 1 amide bonds. The number of nitrogens with one attached hydrogen (secondary N) is 1. The molecule has 0 radical (unpaired) electrons. The Morgan fingerprint density at radius 3 is 2.75 bits per heavy atom. The van der Waals surface area contributed by atoms with Crippen LogP contribution in [-0.2, 0) is 4.79 Å². The minimum atomic E-state index is -1.65. The van der Waals surface area contributed by atoms with Crippen LogP contribution in [0.1, 0.15) is 11.8 Å². The zero-order chi connectivity index (χ0) is 11.7. The van der Waals surface area contributed by atoms with Gasteiger partial charge in [0.15, 0.2) is 6.10 Å². The molecule has 0 aliphatic heterocycles. The predicted octanol–water partition coefficient (Wildman–Crippen LogP) is -0.558. The minimum absolute atomic E-state index is 0.280. The Kier molecular flexibility index (Phi) is 2.59. The van der Waals surface area contributed by atoms with Gasteiger partial charge < -0.3 is 15.9 Å². The fraction of sp³-hybridized carbons (Fsp3) is 0.200. The van der Waals surface area contributed by atoms with E-state index >= 15 is 0 Å². The molecule has 0 fully saturated rings. The highest BCUT2D eigenvalue weighted by atomic mass is 16.3. The molecule has 1 aromatic heterocycles. The molecule has 0 saturated carbocycles. The van der Waals surface area contributed by atoms with Crippen molar-refractivity contribution in [3.05, 3.63) is 30.0 Å². The molecule has 2 unspecified atom stereocenters. The lowest BCUT2D eigenvalue weighted by molar-refractivity contribution is -0.132. The highest BCUT2D eigenvalue weighted by Crippen LogP contribution is 2.23. The lowest BCUT2D eigenvalue weighted by Crippen LogP contribution is -2.34. The molecular weight excluding hydrogens is 210 g/mol. The molecular formula is C10H11N3O3. The SMILES string of the molecule is NC(=O)C(O)C(O)c1[nH]nc2ccccc12. The molecule has 0 spiro atoms.